The van der Waals surface area contributed by atoms with E-state index in [1.54, 1.807) is 13.3 Å². The molecule has 90 valence electrons. The number of methoxy groups -OCH3 is 1. The molecule has 1 unspecified atom stereocenters. The van der Waals surface area contributed by atoms with Gasteiger partial charge in [0, 0.05) is 25.9 Å². The lowest BCUT2D eigenvalue weighted by atomic mass is 10.4. The lowest BCUT2D eigenvalue weighted by Crippen LogP contribution is -2.18. The molecule has 1 heterocycles. The van der Waals surface area contributed by atoms with Gasteiger partial charge in [0.2, 0.25) is 0 Å². The molecular formula is C12H20N2O2. The van der Waals surface area contributed by atoms with Crippen molar-refractivity contribution in [2.45, 2.75) is 26.4 Å². The fourth-order valence-electron chi connectivity index (χ4n) is 1.34. The molecule has 0 saturated carbocycles. The average molecular weight is 224 g/mol. The first-order valence-corrected chi connectivity index (χ1v) is 5.61. The number of rotatable bonds is 7. The van der Waals surface area contributed by atoms with E-state index in [0.29, 0.717) is 6.61 Å². The summed E-state index contributed by atoms with van der Waals surface area (Å²) in [5.74, 6) is 1.67. The Morgan fingerprint density at radius 3 is 3.00 bits per heavy atom. The van der Waals surface area contributed by atoms with E-state index in [1.165, 1.54) is 0 Å². The first kappa shape index (κ1) is 12.8. The summed E-state index contributed by atoms with van der Waals surface area (Å²) in [7, 11) is 1.67. The maximum Gasteiger partial charge on any atom is 0.129 e. The minimum atomic E-state index is 0.0476. The lowest BCUT2D eigenvalue weighted by Gasteiger charge is -2.14. The first-order chi connectivity index (χ1) is 7.76. The van der Waals surface area contributed by atoms with Crippen LogP contribution >= 0.6 is 0 Å². The number of hydrogen-bond donors (Lipinski definition) is 1. The van der Waals surface area contributed by atoms with Crippen molar-refractivity contribution >= 4 is 5.82 Å². The van der Waals surface area contributed by atoms with Gasteiger partial charge in [-0.05, 0) is 19.4 Å². The molecule has 16 heavy (non-hydrogen) atoms. The Hall–Kier alpha value is -1.29. The minimum Gasteiger partial charge on any atom is -0.488 e. The molecule has 0 spiro atoms. The van der Waals surface area contributed by atoms with Crippen molar-refractivity contribution in [3.63, 3.8) is 0 Å². The second kappa shape index (κ2) is 7.06. The molecule has 1 atom stereocenters. The number of ether oxygens (including phenoxy) is 2. The molecule has 1 aromatic rings. The van der Waals surface area contributed by atoms with Crippen LogP contribution in [0, 0.1) is 0 Å². The smallest absolute Gasteiger partial charge is 0.129 e. The highest BCUT2D eigenvalue weighted by molar-refractivity contribution is 5.40. The van der Waals surface area contributed by atoms with E-state index < -0.39 is 0 Å². The summed E-state index contributed by atoms with van der Waals surface area (Å²) >= 11 is 0. The zero-order chi connectivity index (χ0) is 11.8. The third-order valence-electron chi connectivity index (χ3n) is 2.03. The summed E-state index contributed by atoms with van der Waals surface area (Å²) in [5.41, 5.74) is 0. The normalized spacial score (nSPS) is 12.2. The van der Waals surface area contributed by atoms with Crippen molar-refractivity contribution in [2.75, 3.05) is 25.6 Å². The Morgan fingerprint density at radius 1 is 1.50 bits per heavy atom. The molecule has 0 aliphatic rings. The van der Waals surface area contributed by atoms with E-state index in [-0.39, 0.29) is 6.10 Å². The minimum absolute atomic E-state index is 0.0476. The zero-order valence-corrected chi connectivity index (χ0v) is 10.2. The van der Waals surface area contributed by atoms with Crippen molar-refractivity contribution in [3.8, 4) is 5.75 Å². The van der Waals surface area contributed by atoms with Crippen LogP contribution in [0.25, 0.3) is 0 Å². The molecule has 1 N–H and O–H groups in total. The van der Waals surface area contributed by atoms with Gasteiger partial charge in [-0.25, -0.2) is 4.98 Å². The molecule has 1 aromatic heterocycles. The first-order valence-electron chi connectivity index (χ1n) is 5.61. The van der Waals surface area contributed by atoms with Crippen molar-refractivity contribution in [1.29, 1.82) is 0 Å². The number of anilines is 1. The molecule has 0 aromatic carbocycles. The molecular weight excluding hydrogens is 204 g/mol. The molecule has 0 aliphatic heterocycles. The number of aromatic nitrogens is 1. The molecule has 0 bridgehead atoms. The summed E-state index contributed by atoms with van der Waals surface area (Å²) in [5, 5.41) is 3.22. The monoisotopic (exact) mass is 224 g/mol. The van der Waals surface area contributed by atoms with Crippen LogP contribution in [0.3, 0.4) is 0 Å². The average Bonchev–Trinajstić information content (AvgIpc) is 2.27. The standard InChI is InChI=1S/C12H20N2O2/c1-4-6-13-12-8-11(5-7-14-12)16-10(2)9-15-3/h5,7-8,10H,4,6,9H2,1-3H3,(H,13,14). The molecule has 1 rings (SSSR count). The third-order valence-corrected chi connectivity index (χ3v) is 2.03. The molecule has 4 nitrogen and oxygen atoms in total. The molecule has 0 fully saturated rings. The number of hydrogen-bond acceptors (Lipinski definition) is 4. The number of nitrogens with one attached hydrogen (secondary N) is 1. The van der Waals surface area contributed by atoms with Crippen LogP contribution in [0.5, 0.6) is 5.75 Å². The van der Waals surface area contributed by atoms with E-state index in [2.05, 4.69) is 17.2 Å². The van der Waals surface area contributed by atoms with Gasteiger partial charge < -0.3 is 14.8 Å². The van der Waals surface area contributed by atoms with Crippen molar-refractivity contribution in [1.82, 2.24) is 4.98 Å². The second-order valence-electron chi connectivity index (χ2n) is 3.69. The number of nitrogens with zero attached hydrogens (tertiary/aromatic N) is 1. The van der Waals surface area contributed by atoms with Crippen LogP contribution in [0.4, 0.5) is 5.82 Å². The highest BCUT2D eigenvalue weighted by Crippen LogP contribution is 2.15. The summed E-state index contributed by atoms with van der Waals surface area (Å²) < 4.78 is 10.7. The van der Waals surface area contributed by atoms with E-state index >= 15 is 0 Å². The van der Waals surface area contributed by atoms with Gasteiger partial charge in [0.1, 0.15) is 17.7 Å². The predicted octanol–water partition coefficient (Wildman–Crippen LogP) is 2.32. The Balaban J connectivity index is 2.52. The maximum absolute atomic E-state index is 5.67. The maximum atomic E-state index is 5.67. The van der Waals surface area contributed by atoms with Crippen molar-refractivity contribution in [3.05, 3.63) is 18.3 Å². The van der Waals surface area contributed by atoms with E-state index in [9.17, 15) is 0 Å². The zero-order valence-electron chi connectivity index (χ0n) is 10.2. The van der Waals surface area contributed by atoms with Gasteiger partial charge in [0.25, 0.3) is 0 Å². The van der Waals surface area contributed by atoms with Gasteiger partial charge in [0.15, 0.2) is 0 Å². The van der Waals surface area contributed by atoms with Crippen LogP contribution in [-0.2, 0) is 4.74 Å². The fourth-order valence-corrected chi connectivity index (χ4v) is 1.34. The fraction of sp³-hybridized carbons (Fsp3) is 0.583. The Bertz CT molecular complexity index is 305. The van der Waals surface area contributed by atoms with Crippen molar-refractivity contribution < 1.29 is 9.47 Å². The SMILES string of the molecule is CCCNc1cc(OC(C)COC)ccn1. The van der Waals surface area contributed by atoms with E-state index in [4.69, 9.17) is 9.47 Å². The van der Waals surface area contributed by atoms with Gasteiger partial charge in [-0.1, -0.05) is 6.92 Å². The van der Waals surface area contributed by atoms with Crippen LogP contribution in [-0.4, -0.2) is 31.3 Å². The van der Waals surface area contributed by atoms with Crippen LogP contribution < -0.4 is 10.1 Å². The van der Waals surface area contributed by atoms with E-state index in [1.807, 2.05) is 19.1 Å². The molecule has 0 amide bonds. The van der Waals surface area contributed by atoms with Gasteiger partial charge in [-0.3, -0.25) is 0 Å². The van der Waals surface area contributed by atoms with Crippen LogP contribution in [0.15, 0.2) is 18.3 Å². The predicted molar refractivity (Wildman–Crippen MR) is 65.0 cm³/mol. The summed E-state index contributed by atoms with van der Waals surface area (Å²) in [6, 6.07) is 3.76. The summed E-state index contributed by atoms with van der Waals surface area (Å²) in [6.07, 6.45) is 2.87. The molecule has 0 radical (unpaired) electrons. The van der Waals surface area contributed by atoms with Gasteiger partial charge in [-0.15, -0.1) is 0 Å². The largest absolute Gasteiger partial charge is 0.488 e. The topological polar surface area (TPSA) is 43.4 Å². The van der Waals surface area contributed by atoms with Crippen LogP contribution in [0.1, 0.15) is 20.3 Å². The highest BCUT2D eigenvalue weighted by atomic mass is 16.5. The summed E-state index contributed by atoms with van der Waals surface area (Å²) in [4.78, 5) is 4.21. The lowest BCUT2D eigenvalue weighted by molar-refractivity contribution is 0.0921. The summed E-state index contributed by atoms with van der Waals surface area (Å²) in [6.45, 7) is 5.60. The van der Waals surface area contributed by atoms with E-state index in [0.717, 1.165) is 24.5 Å². The van der Waals surface area contributed by atoms with Gasteiger partial charge in [0.05, 0.1) is 6.61 Å². The highest BCUT2D eigenvalue weighted by Gasteiger charge is 2.04. The second-order valence-corrected chi connectivity index (χ2v) is 3.69. The van der Waals surface area contributed by atoms with Gasteiger partial charge in [-0.2, -0.15) is 0 Å². The Labute approximate surface area is 97.0 Å². The third kappa shape index (κ3) is 4.49. The molecule has 4 heteroatoms. The number of pyridine rings is 1. The molecule has 0 saturated heterocycles. The quantitative estimate of drug-likeness (QED) is 0.772. The van der Waals surface area contributed by atoms with Crippen molar-refractivity contribution in [2.24, 2.45) is 0 Å². The van der Waals surface area contributed by atoms with Gasteiger partial charge >= 0.3 is 0 Å². The molecule has 0 aliphatic carbocycles. The Morgan fingerprint density at radius 2 is 2.31 bits per heavy atom. The van der Waals surface area contributed by atoms with Crippen LogP contribution in [0.2, 0.25) is 0 Å². The Kier molecular flexibility index (Phi) is 5.64.